The number of hydrogen-bond acceptors (Lipinski definition) is 2. The van der Waals surface area contributed by atoms with Gasteiger partial charge in [-0.2, -0.15) is 0 Å². The van der Waals surface area contributed by atoms with E-state index in [4.69, 9.17) is 4.42 Å². The maximum absolute atomic E-state index is 12.0. The molecule has 0 aliphatic heterocycles. The van der Waals surface area contributed by atoms with Crippen molar-refractivity contribution in [2.45, 2.75) is 33.1 Å². The van der Waals surface area contributed by atoms with Crippen molar-refractivity contribution in [3.05, 3.63) is 53.5 Å². The highest BCUT2D eigenvalue weighted by Gasteiger charge is 2.11. The van der Waals surface area contributed by atoms with Crippen LogP contribution in [0.15, 0.2) is 41.0 Å². The van der Waals surface area contributed by atoms with Crippen LogP contribution in [0, 0.1) is 6.92 Å². The van der Waals surface area contributed by atoms with Gasteiger partial charge in [0.2, 0.25) is 0 Å². The highest BCUT2D eigenvalue weighted by Crippen LogP contribution is 2.21. The number of nitrogens with one attached hydrogen (secondary N) is 1. The first-order chi connectivity index (χ1) is 9.11. The van der Waals surface area contributed by atoms with Gasteiger partial charge < -0.3 is 9.73 Å². The van der Waals surface area contributed by atoms with Crippen molar-refractivity contribution in [2.24, 2.45) is 0 Å². The summed E-state index contributed by atoms with van der Waals surface area (Å²) < 4.78 is 5.13. The Balaban J connectivity index is 2.08. The highest BCUT2D eigenvalue weighted by molar-refractivity contribution is 6.04. The lowest BCUT2D eigenvalue weighted by Crippen LogP contribution is -2.12. The number of amides is 1. The molecular weight excluding hydrogens is 238 g/mol. The molecule has 3 heteroatoms. The Kier molecular flexibility index (Phi) is 4.05. The molecular formula is C16H19NO2. The monoisotopic (exact) mass is 257 g/mol. The quantitative estimate of drug-likeness (QED) is 0.884. The van der Waals surface area contributed by atoms with Gasteiger partial charge in [0, 0.05) is 5.69 Å². The van der Waals surface area contributed by atoms with Gasteiger partial charge in [0.25, 0.3) is 5.91 Å². The Morgan fingerprint density at radius 3 is 2.47 bits per heavy atom. The molecule has 2 rings (SSSR count). The van der Waals surface area contributed by atoms with Crippen molar-refractivity contribution >= 4 is 11.6 Å². The van der Waals surface area contributed by atoms with E-state index in [0.29, 0.717) is 17.2 Å². The molecule has 0 saturated heterocycles. The molecule has 0 spiro atoms. The maximum Gasteiger partial charge on any atom is 0.259 e. The van der Waals surface area contributed by atoms with E-state index in [0.717, 1.165) is 12.1 Å². The molecule has 0 fully saturated rings. The summed E-state index contributed by atoms with van der Waals surface area (Å²) in [6.07, 6.45) is 2.64. The molecule has 19 heavy (non-hydrogen) atoms. The van der Waals surface area contributed by atoms with Crippen LogP contribution in [0.1, 0.15) is 47.9 Å². The molecule has 3 nitrogen and oxygen atoms in total. The molecule has 100 valence electrons. The molecule has 1 amide bonds. The Hall–Kier alpha value is -2.03. The Labute approximate surface area is 113 Å². The molecule has 0 radical (unpaired) electrons. The van der Waals surface area contributed by atoms with Crippen LogP contribution in [0.2, 0.25) is 0 Å². The van der Waals surface area contributed by atoms with Crippen LogP contribution in [-0.2, 0) is 0 Å². The largest absolute Gasteiger partial charge is 0.469 e. The number of hydrogen-bond donors (Lipinski definition) is 1. The summed E-state index contributed by atoms with van der Waals surface area (Å²) in [4.78, 5) is 12.0. The third kappa shape index (κ3) is 3.05. The molecule has 1 aromatic heterocycles. The maximum atomic E-state index is 12.0. The van der Waals surface area contributed by atoms with Gasteiger partial charge in [-0.25, -0.2) is 0 Å². The van der Waals surface area contributed by atoms with E-state index >= 15 is 0 Å². The van der Waals surface area contributed by atoms with E-state index in [1.54, 1.807) is 13.0 Å². The molecule has 0 aliphatic rings. The topological polar surface area (TPSA) is 42.2 Å². The molecule has 0 saturated carbocycles. The summed E-state index contributed by atoms with van der Waals surface area (Å²) in [5, 5.41) is 2.87. The van der Waals surface area contributed by atoms with Crippen molar-refractivity contribution in [1.82, 2.24) is 0 Å². The predicted octanol–water partition coefficient (Wildman–Crippen LogP) is 4.35. The minimum absolute atomic E-state index is 0.137. The van der Waals surface area contributed by atoms with Crippen molar-refractivity contribution in [3.63, 3.8) is 0 Å². The van der Waals surface area contributed by atoms with Crippen molar-refractivity contribution < 1.29 is 9.21 Å². The zero-order chi connectivity index (χ0) is 13.8. The fraction of sp³-hybridized carbons (Fsp3) is 0.312. The number of carbonyl (C=O) groups excluding carboxylic acids is 1. The minimum atomic E-state index is -0.137. The molecule has 0 aliphatic carbocycles. The number of anilines is 1. The molecule has 2 aromatic rings. The highest BCUT2D eigenvalue weighted by atomic mass is 16.3. The first-order valence-corrected chi connectivity index (χ1v) is 6.57. The summed E-state index contributed by atoms with van der Waals surface area (Å²) in [5.41, 5.74) is 2.67. The van der Waals surface area contributed by atoms with Crippen LogP contribution >= 0.6 is 0 Å². The van der Waals surface area contributed by atoms with E-state index < -0.39 is 0 Å². The fourth-order valence-corrected chi connectivity index (χ4v) is 1.95. The van der Waals surface area contributed by atoms with E-state index in [-0.39, 0.29) is 5.91 Å². The van der Waals surface area contributed by atoms with Crippen LogP contribution in [0.25, 0.3) is 0 Å². The van der Waals surface area contributed by atoms with Crippen LogP contribution in [-0.4, -0.2) is 5.91 Å². The minimum Gasteiger partial charge on any atom is -0.469 e. The smallest absolute Gasteiger partial charge is 0.259 e. The van der Waals surface area contributed by atoms with Gasteiger partial charge in [-0.1, -0.05) is 26.0 Å². The molecule has 1 atom stereocenters. The molecule has 1 aromatic carbocycles. The second kappa shape index (κ2) is 5.74. The van der Waals surface area contributed by atoms with Crippen LogP contribution in [0.5, 0.6) is 0 Å². The van der Waals surface area contributed by atoms with Gasteiger partial charge in [-0.3, -0.25) is 4.79 Å². The lowest BCUT2D eigenvalue weighted by molar-refractivity contribution is 0.102. The molecule has 1 unspecified atom stereocenters. The second-order valence-electron chi connectivity index (χ2n) is 4.78. The lowest BCUT2D eigenvalue weighted by Gasteiger charge is -2.10. The average Bonchev–Trinajstić information content (AvgIpc) is 2.85. The fourth-order valence-electron chi connectivity index (χ4n) is 1.95. The summed E-state index contributed by atoms with van der Waals surface area (Å²) in [5.74, 6) is 1.04. The van der Waals surface area contributed by atoms with Crippen molar-refractivity contribution in [1.29, 1.82) is 0 Å². The SMILES string of the molecule is CCC(C)c1ccc(NC(=O)c2ccoc2C)cc1. The van der Waals surface area contributed by atoms with Gasteiger partial charge in [0.15, 0.2) is 0 Å². The third-order valence-electron chi connectivity index (χ3n) is 3.45. The number of rotatable bonds is 4. The van der Waals surface area contributed by atoms with E-state index in [1.807, 2.05) is 12.1 Å². The lowest BCUT2D eigenvalue weighted by atomic mass is 9.98. The first kappa shape index (κ1) is 13.4. The number of benzene rings is 1. The normalized spacial score (nSPS) is 12.2. The Morgan fingerprint density at radius 1 is 1.26 bits per heavy atom. The predicted molar refractivity (Wildman–Crippen MR) is 76.5 cm³/mol. The van der Waals surface area contributed by atoms with Gasteiger partial charge >= 0.3 is 0 Å². The second-order valence-corrected chi connectivity index (χ2v) is 4.78. The summed E-state index contributed by atoms with van der Waals surface area (Å²) in [6.45, 7) is 6.14. The Bertz CT molecular complexity index is 554. The molecule has 1 N–H and O–H groups in total. The van der Waals surface area contributed by atoms with Gasteiger partial charge in [-0.15, -0.1) is 0 Å². The number of carbonyl (C=O) groups is 1. The van der Waals surface area contributed by atoms with Crippen LogP contribution in [0.3, 0.4) is 0 Å². The number of furan rings is 1. The summed E-state index contributed by atoms with van der Waals surface area (Å²) in [6, 6.07) is 9.68. The van der Waals surface area contributed by atoms with E-state index in [2.05, 4.69) is 31.3 Å². The van der Waals surface area contributed by atoms with Gasteiger partial charge in [0.1, 0.15) is 5.76 Å². The van der Waals surface area contributed by atoms with Crippen LogP contribution < -0.4 is 5.32 Å². The van der Waals surface area contributed by atoms with Crippen LogP contribution in [0.4, 0.5) is 5.69 Å². The third-order valence-corrected chi connectivity index (χ3v) is 3.45. The van der Waals surface area contributed by atoms with Crippen molar-refractivity contribution in [2.75, 3.05) is 5.32 Å². The van der Waals surface area contributed by atoms with Gasteiger partial charge in [0.05, 0.1) is 11.8 Å². The van der Waals surface area contributed by atoms with E-state index in [9.17, 15) is 4.79 Å². The standard InChI is InChI=1S/C16H19NO2/c1-4-11(2)13-5-7-14(8-6-13)17-16(18)15-9-10-19-12(15)3/h5-11H,4H2,1-3H3,(H,17,18). The summed E-state index contributed by atoms with van der Waals surface area (Å²) >= 11 is 0. The first-order valence-electron chi connectivity index (χ1n) is 6.57. The molecule has 1 heterocycles. The van der Waals surface area contributed by atoms with E-state index in [1.165, 1.54) is 11.8 Å². The number of aryl methyl sites for hydroxylation is 1. The van der Waals surface area contributed by atoms with Gasteiger partial charge in [-0.05, 0) is 43.0 Å². The average molecular weight is 257 g/mol. The Morgan fingerprint density at radius 2 is 1.95 bits per heavy atom. The zero-order valence-electron chi connectivity index (χ0n) is 11.6. The molecule has 0 bridgehead atoms. The van der Waals surface area contributed by atoms with Crippen molar-refractivity contribution in [3.8, 4) is 0 Å². The summed E-state index contributed by atoms with van der Waals surface area (Å²) in [7, 11) is 0. The zero-order valence-corrected chi connectivity index (χ0v) is 11.6.